The summed E-state index contributed by atoms with van der Waals surface area (Å²) in [4.78, 5) is 0. The van der Waals surface area contributed by atoms with Gasteiger partial charge in [0.2, 0.25) is 0 Å². The van der Waals surface area contributed by atoms with Gasteiger partial charge in [-0.25, -0.2) is 5.11 Å². The molecule has 0 saturated carbocycles. The van der Waals surface area contributed by atoms with Crippen molar-refractivity contribution in [2.45, 2.75) is 32.3 Å². The van der Waals surface area contributed by atoms with Crippen LogP contribution in [0.3, 0.4) is 0 Å². The lowest BCUT2D eigenvalue weighted by Crippen LogP contribution is -1.98. The summed E-state index contributed by atoms with van der Waals surface area (Å²) in [6.45, 7) is 1.73. The van der Waals surface area contributed by atoms with Gasteiger partial charge in [0.1, 0.15) is 0 Å². The van der Waals surface area contributed by atoms with Gasteiger partial charge >= 0.3 is 0 Å². The average Bonchev–Trinajstić information content (AvgIpc) is 1.66. The van der Waals surface area contributed by atoms with Gasteiger partial charge in [0, 0.05) is 0 Å². The maximum absolute atomic E-state index is 9.83. The summed E-state index contributed by atoms with van der Waals surface area (Å²) in [6.07, 6.45) is 2.09. The van der Waals surface area contributed by atoms with Crippen molar-refractivity contribution in [2.75, 3.05) is 6.61 Å². The first kappa shape index (κ1) is 11.6. The van der Waals surface area contributed by atoms with Crippen LogP contribution in [0, 0.1) is 0 Å². The van der Waals surface area contributed by atoms with E-state index in [4.69, 9.17) is 5.11 Å². The van der Waals surface area contributed by atoms with Crippen LogP contribution in [-0.2, 0) is 5.11 Å². The summed E-state index contributed by atoms with van der Waals surface area (Å²) in [5.41, 5.74) is 0. The highest BCUT2D eigenvalue weighted by atomic mass is 16.3. The van der Waals surface area contributed by atoms with E-state index in [0.29, 0.717) is 6.42 Å². The fourth-order valence-electron chi connectivity index (χ4n) is 0.542. The van der Waals surface area contributed by atoms with Crippen LogP contribution in [0.25, 0.3) is 0 Å². The Kier molecular flexibility index (Phi) is 10.2. The minimum absolute atomic E-state index is 0. The van der Waals surface area contributed by atoms with E-state index in [1.807, 2.05) is 0 Å². The zero-order chi connectivity index (χ0) is 6.41. The molecule has 0 aromatic carbocycles. The summed E-state index contributed by atoms with van der Waals surface area (Å²) in [6, 6.07) is 0. The summed E-state index contributed by atoms with van der Waals surface area (Å²) >= 11 is 0. The second-order valence-corrected chi connectivity index (χ2v) is 2.05. The number of rotatable bonds is 4. The fraction of sp³-hybridized carbons (Fsp3) is 1.00. The molecule has 0 aromatic rings. The third-order valence-corrected chi connectivity index (χ3v) is 1.02. The summed E-state index contributed by atoms with van der Waals surface area (Å²) in [5, 5.41) is 18.5. The highest BCUT2D eigenvalue weighted by Crippen LogP contribution is 1.97. The Morgan fingerprint density at radius 1 is 1.44 bits per heavy atom. The van der Waals surface area contributed by atoms with E-state index in [1.165, 1.54) is 0 Å². The molecule has 3 heteroatoms. The minimum Gasteiger partial charge on any atom is -0.393 e. The Bertz CT molecular complexity index is 48.3. The molecule has 57 valence electrons. The molecule has 0 spiro atoms. The first-order valence-electron chi connectivity index (χ1n) is 3.03. The standard InChI is InChI=1S/C6H13O2.H3N/c1-6(8)4-2-3-5-7;/h6,8H,2-5H2,1H3;1H3. The number of hydrogen-bond acceptors (Lipinski definition) is 2. The van der Waals surface area contributed by atoms with E-state index in [2.05, 4.69) is 0 Å². The average molecular weight is 134 g/mol. The SMILES string of the molecule is CC(O)CCCC[O].N. The number of aliphatic hydroxyl groups excluding tert-OH is 1. The number of aliphatic hydroxyl groups is 1. The second-order valence-electron chi connectivity index (χ2n) is 2.05. The van der Waals surface area contributed by atoms with E-state index >= 15 is 0 Å². The first-order chi connectivity index (χ1) is 3.77. The lowest BCUT2D eigenvalue weighted by molar-refractivity contribution is 0.159. The molecule has 0 aliphatic rings. The smallest absolute Gasteiger partial charge is 0.0822 e. The van der Waals surface area contributed by atoms with Crippen molar-refractivity contribution in [1.82, 2.24) is 6.15 Å². The largest absolute Gasteiger partial charge is 0.393 e. The van der Waals surface area contributed by atoms with Gasteiger partial charge in [-0.1, -0.05) is 0 Å². The van der Waals surface area contributed by atoms with Gasteiger partial charge < -0.3 is 11.3 Å². The third kappa shape index (κ3) is 11.4. The van der Waals surface area contributed by atoms with Crippen molar-refractivity contribution >= 4 is 0 Å². The normalized spacial score (nSPS) is 12.3. The van der Waals surface area contributed by atoms with E-state index < -0.39 is 0 Å². The van der Waals surface area contributed by atoms with Crippen LogP contribution in [0.1, 0.15) is 26.2 Å². The summed E-state index contributed by atoms with van der Waals surface area (Å²) < 4.78 is 0. The Labute approximate surface area is 56.3 Å². The van der Waals surface area contributed by atoms with E-state index in [1.54, 1.807) is 6.92 Å². The van der Waals surface area contributed by atoms with Gasteiger partial charge in [-0.2, -0.15) is 0 Å². The van der Waals surface area contributed by atoms with Gasteiger partial charge in [-0.05, 0) is 26.2 Å². The molecule has 0 aromatic heterocycles. The van der Waals surface area contributed by atoms with Gasteiger partial charge in [0.25, 0.3) is 0 Å². The van der Waals surface area contributed by atoms with Gasteiger partial charge in [-0.3, -0.25) is 0 Å². The summed E-state index contributed by atoms with van der Waals surface area (Å²) in [5.74, 6) is 0. The number of unbranched alkanes of at least 4 members (excludes halogenated alkanes) is 1. The second kappa shape index (κ2) is 7.88. The molecule has 0 aliphatic heterocycles. The van der Waals surface area contributed by atoms with E-state index in [9.17, 15) is 5.11 Å². The van der Waals surface area contributed by atoms with Crippen molar-refractivity contribution in [2.24, 2.45) is 0 Å². The first-order valence-corrected chi connectivity index (χ1v) is 3.03. The highest BCUT2D eigenvalue weighted by molar-refractivity contribution is 4.45. The molecular weight excluding hydrogens is 118 g/mol. The molecule has 0 heterocycles. The van der Waals surface area contributed by atoms with Crippen LogP contribution in [0.4, 0.5) is 0 Å². The maximum Gasteiger partial charge on any atom is 0.0822 e. The van der Waals surface area contributed by atoms with Crippen LogP contribution in [0.15, 0.2) is 0 Å². The topological polar surface area (TPSA) is 75.1 Å². The van der Waals surface area contributed by atoms with Crippen molar-refractivity contribution in [1.29, 1.82) is 0 Å². The molecule has 0 saturated heterocycles. The van der Waals surface area contributed by atoms with Crippen LogP contribution in [-0.4, -0.2) is 17.8 Å². The number of hydrogen-bond donors (Lipinski definition) is 2. The van der Waals surface area contributed by atoms with Crippen LogP contribution < -0.4 is 6.15 Å². The Morgan fingerprint density at radius 2 is 2.00 bits per heavy atom. The lowest BCUT2D eigenvalue weighted by atomic mass is 10.2. The predicted molar refractivity (Wildman–Crippen MR) is 36.1 cm³/mol. The molecule has 0 aliphatic carbocycles. The van der Waals surface area contributed by atoms with Crippen LogP contribution in [0.5, 0.6) is 0 Å². The molecule has 4 N–H and O–H groups in total. The molecule has 9 heavy (non-hydrogen) atoms. The van der Waals surface area contributed by atoms with Crippen LogP contribution in [0.2, 0.25) is 0 Å². The molecule has 1 unspecified atom stereocenters. The molecule has 0 fully saturated rings. The maximum atomic E-state index is 9.83. The van der Waals surface area contributed by atoms with Gasteiger partial charge in [-0.15, -0.1) is 0 Å². The van der Waals surface area contributed by atoms with Crippen molar-refractivity contribution in [3.05, 3.63) is 0 Å². The minimum atomic E-state index is -0.235. The van der Waals surface area contributed by atoms with Crippen molar-refractivity contribution in [3.63, 3.8) is 0 Å². The quantitative estimate of drug-likeness (QED) is 0.565. The lowest BCUT2D eigenvalue weighted by Gasteiger charge is -1.99. The third-order valence-electron chi connectivity index (χ3n) is 1.02. The summed E-state index contributed by atoms with van der Waals surface area (Å²) in [7, 11) is 0. The fourth-order valence-corrected chi connectivity index (χ4v) is 0.542. The molecule has 1 radical (unpaired) electrons. The molecule has 1 atom stereocenters. The zero-order valence-electron chi connectivity index (χ0n) is 5.97. The molecule has 3 nitrogen and oxygen atoms in total. The molecule has 0 rings (SSSR count). The Balaban J connectivity index is 0. The highest BCUT2D eigenvalue weighted by Gasteiger charge is 1.92. The zero-order valence-corrected chi connectivity index (χ0v) is 5.97. The Hall–Kier alpha value is -0.120. The van der Waals surface area contributed by atoms with Crippen molar-refractivity contribution in [3.8, 4) is 0 Å². The van der Waals surface area contributed by atoms with Crippen molar-refractivity contribution < 1.29 is 10.2 Å². The van der Waals surface area contributed by atoms with Gasteiger partial charge in [0.05, 0.1) is 12.7 Å². The predicted octanol–water partition coefficient (Wildman–Crippen LogP) is 1.13. The van der Waals surface area contributed by atoms with E-state index in [0.717, 1.165) is 12.8 Å². The van der Waals surface area contributed by atoms with E-state index in [-0.39, 0.29) is 18.9 Å². The van der Waals surface area contributed by atoms with Gasteiger partial charge in [0.15, 0.2) is 0 Å². The Morgan fingerprint density at radius 3 is 2.33 bits per heavy atom. The monoisotopic (exact) mass is 134 g/mol. The molecule has 0 amide bonds. The molecule has 0 bridgehead atoms. The molecular formula is C6H16NO2. The van der Waals surface area contributed by atoms with Crippen LogP contribution >= 0.6 is 0 Å².